The number of carbonyl (C=O) groups is 2. The maximum absolute atomic E-state index is 12.8. The maximum atomic E-state index is 12.8. The zero-order valence-corrected chi connectivity index (χ0v) is 12.5. The normalized spacial score (nSPS) is 11.1. The van der Waals surface area contributed by atoms with E-state index in [2.05, 4.69) is 5.32 Å². The highest BCUT2D eigenvalue weighted by atomic mass is 19.3. The highest BCUT2D eigenvalue weighted by molar-refractivity contribution is 5.84. The maximum Gasteiger partial charge on any atom is 0.277 e. The molecule has 0 radical (unpaired) electrons. The Kier molecular flexibility index (Phi) is 6.91. The molecule has 122 valence electrons. The third-order valence-electron chi connectivity index (χ3n) is 3.05. The number of halogens is 2. The van der Waals surface area contributed by atoms with Crippen LogP contribution in [0.15, 0.2) is 24.3 Å². The summed E-state index contributed by atoms with van der Waals surface area (Å²) in [4.78, 5) is 22.9. The molecule has 0 aliphatic heterocycles. The van der Waals surface area contributed by atoms with Crippen molar-refractivity contribution in [2.45, 2.75) is 25.7 Å². The van der Waals surface area contributed by atoms with Crippen molar-refractivity contribution in [1.82, 2.24) is 10.6 Å². The topological polar surface area (TPSA) is 84.2 Å². The van der Waals surface area contributed by atoms with Crippen molar-refractivity contribution < 1.29 is 18.4 Å². The number of nitrogens with two attached hydrogens (primary N) is 1. The lowest BCUT2D eigenvalue weighted by Crippen LogP contribution is -2.45. The smallest absolute Gasteiger partial charge is 0.277 e. The number of nitrogens with one attached hydrogen (secondary N) is 2. The van der Waals surface area contributed by atoms with Crippen molar-refractivity contribution in [3.63, 3.8) is 0 Å². The van der Waals surface area contributed by atoms with Crippen LogP contribution >= 0.6 is 0 Å². The molecule has 0 bridgehead atoms. The van der Waals surface area contributed by atoms with E-state index in [1.807, 2.05) is 36.5 Å². The highest BCUT2D eigenvalue weighted by Gasteiger charge is 2.27. The second-order valence-electron chi connectivity index (χ2n) is 5.10. The molecular formula is C15H21F2N3O2. The third kappa shape index (κ3) is 7.12. The molecule has 0 heterocycles. The summed E-state index contributed by atoms with van der Waals surface area (Å²) in [6, 6.07) is 7.78. The molecule has 0 aliphatic carbocycles. The number of hydrogen-bond donors (Lipinski definition) is 3. The molecule has 2 amide bonds. The summed E-state index contributed by atoms with van der Waals surface area (Å²) in [5.41, 5.74) is 7.01. The van der Waals surface area contributed by atoms with Gasteiger partial charge in [-0.25, -0.2) is 8.78 Å². The monoisotopic (exact) mass is 313 g/mol. The van der Waals surface area contributed by atoms with Crippen LogP contribution < -0.4 is 16.4 Å². The summed E-state index contributed by atoms with van der Waals surface area (Å²) >= 11 is 0. The van der Waals surface area contributed by atoms with Crippen LogP contribution in [0, 0.1) is 6.92 Å². The van der Waals surface area contributed by atoms with Gasteiger partial charge in [-0.1, -0.05) is 29.8 Å². The van der Waals surface area contributed by atoms with E-state index in [4.69, 9.17) is 5.73 Å². The van der Waals surface area contributed by atoms with Crippen LogP contribution in [-0.4, -0.2) is 37.4 Å². The number of aryl methyl sites for hydroxylation is 2. The van der Waals surface area contributed by atoms with E-state index in [1.165, 1.54) is 0 Å². The van der Waals surface area contributed by atoms with Gasteiger partial charge in [0.2, 0.25) is 11.8 Å². The quantitative estimate of drug-likeness (QED) is 0.662. The molecule has 22 heavy (non-hydrogen) atoms. The van der Waals surface area contributed by atoms with E-state index < -0.39 is 24.9 Å². The molecule has 7 heteroatoms. The second kappa shape index (κ2) is 8.43. The fourth-order valence-electron chi connectivity index (χ4n) is 1.64. The largest absolute Gasteiger partial charge is 0.348 e. The first-order valence-corrected chi connectivity index (χ1v) is 6.99. The standard InChI is InChI=1S/C15H21F2N3O2/c1-11-2-4-12(5-3-11)6-7-13(21)19-8-14(22)20-10-15(16,17)9-18/h2-5H,6-10,18H2,1H3,(H,19,21)(H,20,22). The zero-order valence-electron chi connectivity index (χ0n) is 12.5. The van der Waals surface area contributed by atoms with E-state index >= 15 is 0 Å². The highest BCUT2D eigenvalue weighted by Crippen LogP contribution is 2.08. The van der Waals surface area contributed by atoms with Crippen molar-refractivity contribution in [3.05, 3.63) is 35.4 Å². The van der Waals surface area contributed by atoms with Gasteiger partial charge in [0.25, 0.3) is 5.92 Å². The van der Waals surface area contributed by atoms with Gasteiger partial charge in [0.1, 0.15) is 0 Å². The summed E-state index contributed by atoms with van der Waals surface area (Å²) in [6.07, 6.45) is 0.786. The van der Waals surface area contributed by atoms with Crippen LogP contribution in [-0.2, 0) is 16.0 Å². The van der Waals surface area contributed by atoms with Crippen molar-refractivity contribution >= 4 is 11.8 Å². The first-order chi connectivity index (χ1) is 10.3. The molecule has 1 rings (SSSR count). The molecule has 1 aromatic rings. The average molecular weight is 313 g/mol. The number of hydrogen-bond acceptors (Lipinski definition) is 3. The molecule has 0 unspecified atom stereocenters. The Morgan fingerprint density at radius 1 is 1.14 bits per heavy atom. The molecule has 0 saturated carbocycles. The number of alkyl halides is 2. The van der Waals surface area contributed by atoms with Gasteiger partial charge >= 0.3 is 0 Å². The summed E-state index contributed by atoms with van der Waals surface area (Å²) in [5.74, 6) is -4.11. The van der Waals surface area contributed by atoms with Crippen molar-refractivity contribution in [3.8, 4) is 0 Å². The molecule has 5 nitrogen and oxygen atoms in total. The lowest BCUT2D eigenvalue weighted by Gasteiger charge is -2.14. The van der Waals surface area contributed by atoms with Crippen LogP contribution in [0.2, 0.25) is 0 Å². The van der Waals surface area contributed by atoms with Crippen molar-refractivity contribution in [2.75, 3.05) is 19.6 Å². The number of benzene rings is 1. The lowest BCUT2D eigenvalue weighted by atomic mass is 10.1. The minimum atomic E-state index is -3.13. The van der Waals surface area contributed by atoms with E-state index in [0.717, 1.165) is 11.1 Å². The van der Waals surface area contributed by atoms with Crippen molar-refractivity contribution in [2.24, 2.45) is 5.73 Å². The van der Waals surface area contributed by atoms with E-state index in [0.29, 0.717) is 6.42 Å². The number of carbonyl (C=O) groups excluding carboxylic acids is 2. The van der Waals surface area contributed by atoms with Gasteiger partial charge in [0.05, 0.1) is 19.6 Å². The zero-order chi connectivity index (χ0) is 16.6. The van der Waals surface area contributed by atoms with Crippen LogP contribution in [0.1, 0.15) is 17.5 Å². The Balaban J connectivity index is 2.22. The number of rotatable bonds is 8. The Morgan fingerprint density at radius 3 is 2.36 bits per heavy atom. The van der Waals surface area contributed by atoms with Gasteiger partial charge in [-0.15, -0.1) is 0 Å². The molecule has 0 atom stereocenters. The summed E-state index contributed by atoms with van der Waals surface area (Å²) < 4.78 is 25.6. The van der Waals surface area contributed by atoms with Gasteiger partial charge in [-0.2, -0.15) is 0 Å². The number of amides is 2. The minimum Gasteiger partial charge on any atom is -0.348 e. The summed E-state index contributed by atoms with van der Waals surface area (Å²) in [5, 5.41) is 4.42. The SMILES string of the molecule is Cc1ccc(CCC(=O)NCC(=O)NCC(F)(F)CN)cc1. The van der Waals surface area contributed by atoms with E-state index in [-0.39, 0.29) is 18.9 Å². The van der Waals surface area contributed by atoms with Crippen LogP contribution in [0.25, 0.3) is 0 Å². The Bertz CT molecular complexity index is 504. The lowest BCUT2D eigenvalue weighted by molar-refractivity contribution is -0.126. The first kappa shape index (κ1) is 18.0. The molecular weight excluding hydrogens is 292 g/mol. The Hall–Kier alpha value is -2.02. The van der Waals surface area contributed by atoms with Gasteiger partial charge in [-0.3, -0.25) is 9.59 Å². The second-order valence-corrected chi connectivity index (χ2v) is 5.10. The predicted molar refractivity (Wildman–Crippen MR) is 79.5 cm³/mol. The van der Waals surface area contributed by atoms with E-state index in [9.17, 15) is 18.4 Å². The fourth-order valence-corrected chi connectivity index (χ4v) is 1.64. The Morgan fingerprint density at radius 2 is 1.77 bits per heavy atom. The third-order valence-corrected chi connectivity index (χ3v) is 3.05. The van der Waals surface area contributed by atoms with Crippen LogP contribution in [0.3, 0.4) is 0 Å². The van der Waals surface area contributed by atoms with Gasteiger partial charge in [0, 0.05) is 6.42 Å². The summed E-state index contributed by atoms with van der Waals surface area (Å²) in [6.45, 7) is -0.0194. The van der Waals surface area contributed by atoms with Gasteiger partial charge in [-0.05, 0) is 18.9 Å². The van der Waals surface area contributed by atoms with Crippen molar-refractivity contribution in [1.29, 1.82) is 0 Å². The molecule has 0 saturated heterocycles. The average Bonchev–Trinajstić information content (AvgIpc) is 2.50. The molecule has 0 spiro atoms. The predicted octanol–water partition coefficient (Wildman–Crippen LogP) is 0.754. The van der Waals surface area contributed by atoms with Crippen LogP contribution in [0.5, 0.6) is 0 Å². The molecule has 4 N–H and O–H groups in total. The molecule has 0 aliphatic rings. The van der Waals surface area contributed by atoms with Crippen LogP contribution in [0.4, 0.5) is 8.78 Å². The van der Waals surface area contributed by atoms with E-state index in [1.54, 1.807) is 0 Å². The minimum absolute atomic E-state index is 0.231. The first-order valence-electron chi connectivity index (χ1n) is 6.99. The fraction of sp³-hybridized carbons (Fsp3) is 0.467. The van der Waals surface area contributed by atoms with Gasteiger partial charge in [0.15, 0.2) is 0 Å². The Labute approximate surface area is 128 Å². The van der Waals surface area contributed by atoms with Gasteiger partial charge < -0.3 is 16.4 Å². The molecule has 0 aromatic heterocycles. The molecule has 0 fully saturated rings. The molecule has 1 aromatic carbocycles. The summed E-state index contributed by atoms with van der Waals surface area (Å²) in [7, 11) is 0.